The fraction of sp³-hybridized carbons (Fsp3) is 0.350. The highest BCUT2D eigenvalue weighted by Gasteiger charge is 2.29. The van der Waals surface area contributed by atoms with Gasteiger partial charge in [0, 0.05) is 17.6 Å². The third kappa shape index (κ3) is 4.46. The Hall–Kier alpha value is -2.55. The SMILES string of the molecule is CC(C)(Cc1ccc(F)c(F)c1)NCC(O)c1cccc2c1OC(O)C(=O)N2. The number of para-hydroxylation sites is 1. The Balaban J connectivity index is 1.68. The minimum absolute atomic E-state index is 0.139. The second-order valence-corrected chi connectivity index (χ2v) is 7.39. The zero-order valence-corrected chi connectivity index (χ0v) is 15.5. The molecule has 6 nitrogen and oxygen atoms in total. The van der Waals surface area contributed by atoms with Crippen LogP contribution in [0.5, 0.6) is 5.75 Å². The standard InChI is InChI=1S/C20H22F2N2O4/c1-20(2,9-11-6-7-13(21)14(22)8-11)23-10-16(25)12-4-3-5-15-17(12)28-19(27)18(26)24-15/h3-8,16,19,23,25,27H,9-10H2,1-2H3,(H,24,26). The number of rotatable bonds is 6. The van der Waals surface area contributed by atoms with Crippen molar-refractivity contribution in [1.82, 2.24) is 5.32 Å². The quantitative estimate of drug-likeness (QED) is 0.606. The Morgan fingerprint density at radius 2 is 2.00 bits per heavy atom. The summed E-state index contributed by atoms with van der Waals surface area (Å²) < 4.78 is 31.7. The van der Waals surface area contributed by atoms with Gasteiger partial charge in [0.2, 0.25) is 0 Å². The molecule has 2 unspecified atom stereocenters. The number of nitrogens with one attached hydrogen (secondary N) is 2. The first kappa shape index (κ1) is 20.2. The maximum atomic E-state index is 13.4. The van der Waals surface area contributed by atoms with E-state index in [9.17, 15) is 23.8 Å². The highest BCUT2D eigenvalue weighted by Crippen LogP contribution is 2.36. The van der Waals surface area contributed by atoms with Gasteiger partial charge >= 0.3 is 0 Å². The third-order valence-electron chi connectivity index (χ3n) is 4.52. The van der Waals surface area contributed by atoms with Gasteiger partial charge in [-0.1, -0.05) is 18.2 Å². The fourth-order valence-electron chi connectivity index (χ4n) is 3.11. The molecule has 28 heavy (non-hydrogen) atoms. The molecule has 2 aromatic rings. The number of anilines is 1. The lowest BCUT2D eigenvalue weighted by molar-refractivity contribution is -0.139. The van der Waals surface area contributed by atoms with E-state index in [-0.39, 0.29) is 12.3 Å². The van der Waals surface area contributed by atoms with Crippen molar-refractivity contribution in [2.45, 2.75) is 38.2 Å². The van der Waals surface area contributed by atoms with E-state index in [0.717, 1.165) is 12.1 Å². The number of carbonyl (C=O) groups is 1. The van der Waals surface area contributed by atoms with Crippen molar-refractivity contribution in [3.63, 3.8) is 0 Å². The summed E-state index contributed by atoms with van der Waals surface area (Å²) in [6.07, 6.45) is -2.21. The van der Waals surface area contributed by atoms with E-state index >= 15 is 0 Å². The molecule has 4 N–H and O–H groups in total. The molecular formula is C20H22F2N2O4. The number of benzene rings is 2. The van der Waals surface area contributed by atoms with E-state index in [1.807, 2.05) is 13.8 Å². The number of fused-ring (bicyclic) bond motifs is 1. The van der Waals surface area contributed by atoms with Crippen LogP contribution >= 0.6 is 0 Å². The van der Waals surface area contributed by atoms with Gasteiger partial charge < -0.3 is 25.6 Å². The number of hydrogen-bond acceptors (Lipinski definition) is 5. The summed E-state index contributed by atoms with van der Waals surface area (Å²) in [5, 5.41) is 25.9. The summed E-state index contributed by atoms with van der Waals surface area (Å²) in [6.45, 7) is 3.89. The van der Waals surface area contributed by atoms with Crippen molar-refractivity contribution in [3.8, 4) is 5.75 Å². The van der Waals surface area contributed by atoms with Crippen LogP contribution in [0.3, 0.4) is 0 Å². The van der Waals surface area contributed by atoms with Crippen molar-refractivity contribution in [2.75, 3.05) is 11.9 Å². The summed E-state index contributed by atoms with van der Waals surface area (Å²) in [7, 11) is 0. The summed E-state index contributed by atoms with van der Waals surface area (Å²) in [6, 6.07) is 8.66. The van der Waals surface area contributed by atoms with Crippen LogP contribution in [0.4, 0.5) is 14.5 Å². The first-order valence-electron chi connectivity index (χ1n) is 8.82. The number of aliphatic hydroxyl groups is 2. The summed E-state index contributed by atoms with van der Waals surface area (Å²) in [5.74, 6) is -2.26. The van der Waals surface area contributed by atoms with Gasteiger partial charge in [0.25, 0.3) is 12.2 Å². The Kier molecular flexibility index (Phi) is 5.64. The molecule has 0 aromatic heterocycles. The normalized spacial score (nSPS) is 17.5. The van der Waals surface area contributed by atoms with Gasteiger partial charge in [-0.05, 0) is 44.0 Å². The maximum Gasteiger partial charge on any atom is 0.293 e. The average Bonchev–Trinajstić information content (AvgIpc) is 2.63. The Labute approximate surface area is 161 Å². The second-order valence-electron chi connectivity index (χ2n) is 7.39. The lowest BCUT2D eigenvalue weighted by Gasteiger charge is -2.30. The average molecular weight is 392 g/mol. The lowest BCUT2D eigenvalue weighted by atomic mass is 9.94. The Morgan fingerprint density at radius 3 is 2.71 bits per heavy atom. The molecule has 0 radical (unpaired) electrons. The van der Waals surface area contributed by atoms with E-state index in [2.05, 4.69) is 10.6 Å². The van der Waals surface area contributed by atoms with Gasteiger partial charge in [0.1, 0.15) is 0 Å². The van der Waals surface area contributed by atoms with Crippen LogP contribution < -0.4 is 15.4 Å². The van der Waals surface area contributed by atoms with E-state index in [1.165, 1.54) is 6.07 Å². The number of β-amino-alcohol motifs (C(OH)–C–C–N with tert-alkyl or cyclic N) is 1. The molecule has 0 fully saturated rings. The van der Waals surface area contributed by atoms with Crippen LogP contribution in [-0.4, -0.2) is 34.5 Å². The van der Waals surface area contributed by atoms with Gasteiger partial charge in [-0.25, -0.2) is 8.78 Å². The van der Waals surface area contributed by atoms with Crippen molar-refractivity contribution in [1.29, 1.82) is 0 Å². The van der Waals surface area contributed by atoms with Gasteiger partial charge in [0.05, 0.1) is 11.8 Å². The second kappa shape index (κ2) is 7.83. The molecule has 150 valence electrons. The molecule has 1 heterocycles. The van der Waals surface area contributed by atoms with Crippen LogP contribution in [-0.2, 0) is 11.2 Å². The molecule has 3 rings (SSSR count). The molecule has 1 aliphatic rings. The Bertz CT molecular complexity index is 889. The van der Waals surface area contributed by atoms with Crippen molar-refractivity contribution in [2.24, 2.45) is 0 Å². The van der Waals surface area contributed by atoms with E-state index < -0.39 is 35.5 Å². The monoisotopic (exact) mass is 392 g/mol. The van der Waals surface area contributed by atoms with Crippen molar-refractivity contribution in [3.05, 3.63) is 59.2 Å². The number of aliphatic hydroxyl groups excluding tert-OH is 2. The number of halogens is 2. The molecule has 8 heteroatoms. The minimum Gasteiger partial charge on any atom is -0.453 e. The maximum absolute atomic E-state index is 13.4. The topological polar surface area (TPSA) is 90.8 Å². The first-order chi connectivity index (χ1) is 13.2. The molecule has 0 saturated heterocycles. The molecule has 0 bridgehead atoms. The molecule has 1 amide bonds. The van der Waals surface area contributed by atoms with Gasteiger partial charge in [0.15, 0.2) is 17.4 Å². The van der Waals surface area contributed by atoms with Gasteiger partial charge in [-0.2, -0.15) is 0 Å². The van der Waals surface area contributed by atoms with Crippen LogP contribution in [0, 0.1) is 11.6 Å². The van der Waals surface area contributed by atoms with Crippen LogP contribution in [0.1, 0.15) is 31.1 Å². The smallest absolute Gasteiger partial charge is 0.293 e. The molecule has 1 aliphatic heterocycles. The van der Waals surface area contributed by atoms with Crippen LogP contribution in [0.2, 0.25) is 0 Å². The van der Waals surface area contributed by atoms with E-state index in [0.29, 0.717) is 23.2 Å². The lowest BCUT2D eigenvalue weighted by Crippen LogP contribution is -2.43. The summed E-state index contributed by atoms with van der Waals surface area (Å²) in [5.41, 5.74) is 0.882. The fourth-order valence-corrected chi connectivity index (χ4v) is 3.11. The Morgan fingerprint density at radius 1 is 1.25 bits per heavy atom. The van der Waals surface area contributed by atoms with E-state index in [1.54, 1.807) is 18.2 Å². The van der Waals surface area contributed by atoms with Crippen LogP contribution in [0.15, 0.2) is 36.4 Å². The molecule has 2 atom stereocenters. The highest BCUT2D eigenvalue weighted by atomic mass is 19.2. The molecule has 0 spiro atoms. The van der Waals surface area contributed by atoms with E-state index in [4.69, 9.17) is 4.74 Å². The van der Waals surface area contributed by atoms with Gasteiger partial charge in [-0.3, -0.25) is 4.79 Å². The van der Waals surface area contributed by atoms with Gasteiger partial charge in [-0.15, -0.1) is 0 Å². The number of hydrogen-bond donors (Lipinski definition) is 4. The number of ether oxygens (including phenoxy) is 1. The minimum atomic E-state index is -1.64. The number of amides is 1. The number of carbonyl (C=O) groups excluding carboxylic acids is 1. The summed E-state index contributed by atoms with van der Waals surface area (Å²) in [4.78, 5) is 11.5. The molecule has 2 aromatic carbocycles. The summed E-state index contributed by atoms with van der Waals surface area (Å²) >= 11 is 0. The molecule has 0 aliphatic carbocycles. The molecule has 0 saturated carbocycles. The predicted octanol–water partition coefficient (Wildman–Crippen LogP) is 2.26. The highest BCUT2D eigenvalue weighted by molar-refractivity contribution is 5.97. The zero-order chi connectivity index (χ0) is 20.5. The van der Waals surface area contributed by atoms with Crippen molar-refractivity contribution >= 4 is 11.6 Å². The predicted molar refractivity (Wildman–Crippen MR) is 98.8 cm³/mol. The van der Waals surface area contributed by atoms with Crippen molar-refractivity contribution < 1.29 is 28.5 Å². The third-order valence-corrected chi connectivity index (χ3v) is 4.52. The van der Waals surface area contributed by atoms with Crippen LogP contribution in [0.25, 0.3) is 0 Å². The largest absolute Gasteiger partial charge is 0.453 e. The first-order valence-corrected chi connectivity index (χ1v) is 8.82. The zero-order valence-electron chi connectivity index (χ0n) is 15.5. The molecular weight excluding hydrogens is 370 g/mol.